The molecule has 0 bridgehead atoms. The molecule has 10 heteroatoms. The third-order valence-electron chi connectivity index (χ3n) is 6.58. The van der Waals surface area contributed by atoms with Gasteiger partial charge in [-0.05, 0) is 23.5 Å². The number of fused-ring (bicyclic) bond motifs is 1. The molecule has 0 spiro atoms. The van der Waals surface area contributed by atoms with Crippen LogP contribution < -0.4 is 5.32 Å². The fraction of sp³-hybridized carbons (Fsp3) is 0.565. The number of carbonyl (C=O) groups is 1. The molecule has 1 aromatic carbocycles. The molecule has 180 valence electrons. The van der Waals surface area contributed by atoms with Gasteiger partial charge in [0.2, 0.25) is 5.91 Å². The number of carbonyl (C=O) groups excluding carboxylic acids is 1. The lowest BCUT2D eigenvalue weighted by molar-refractivity contribution is -0.190. The largest absolute Gasteiger partial charge is 0.408 e. The van der Waals surface area contributed by atoms with E-state index >= 15 is 0 Å². The number of benzene rings is 1. The number of nitrogens with zero attached hydrogens (tertiary/aromatic N) is 3. The second-order valence-electron chi connectivity index (χ2n) is 8.97. The maximum atomic E-state index is 14.2. The van der Waals surface area contributed by atoms with E-state index in [9.17, 15) is 23.1 Å². The highest BCUT2D eigenvalue weighted by molar-refractivity contribution is 5.94. The summed E-state index contributed by atoms with van der Waals surface area (Å²) in [5.74, 6) is -0.116. The highest BCUT2D eigenvalue weighted by Crippen LogP contribution is 2.46. The van der Waals surface area contributed by atoms with Gasteiger partial charge in [-0.3, -0.25) is 14.4 Å². The predicted molar refractivity (Wildman–Crippen MR) is 115 cm³/mol. The minimum atomic E-state index is -4.51. The molecule has 1 fully saturated rings. The van der Waals surface area contributed by atoms with Crippen LogP contribution in [0.15, 0.2) is 36.5 Å². The summed E-state index contributed by atoms with van der Waals surface area (Å²) in [4.78, 5) is 14.6. The Bertz CT molecular complexity index is 958. The van der Waals surface area contributed by atoms with Gasteiger partial charge in [0.25, 0.3) is 0 Å². The molecule has 33 heavy (non-hydrogen) atoms. The van der Waals surface area contributed by atoms with Crippen molar-refractivity contribution < 1.29 is 28.2 Å². The van der Waals surface area contributed by atoms with Crippen molar-refractivity contribution in [2.75, 3.05) is 11.9 Å². The maximum Gasteiger partial charge on any atom is 0.408 e. The van der Waals surface area contributed by atoms with Crippen molar-refractivity contribution >= 4 is 11.7 Å². The van der Waals surface area contributed by atoms with Gasteiger partial charge in [0, 0.05) is 18.8 Å². The molecule has 0 radical (unpaired) electrons. The summed E-state index contributed by atoms with van der Waals surface area (Å²) in [6.45, 7) is -0.336. The van der Waals surface area contributed by atoms with Gasteiger partial charge in [-0.15, -0.1) is 0 Å². The highest BCUT2D eigenvalue weighted by atomic mass is 19.4. The predicted octanol–water partition coefficient (Wildman–Crippen LogP) is 3.24. The van der Waals surface area contributed by atoms with E-state index in [4.69, 9.17) is 5.11 Å². The Hall–Kier alpha value is -2.43. The summed E-state index contributed by atoms with van der Waals surface area (Å²) >= 11 is 0. The summed E-state index contributed by atoms with van der Waals surface area (Å²) in [5.41, 5.74) is 0.794. The first-order valence-electron chi connectivity index (χ1n) is 11.3. The van der Waals surface area contributed by atoms with E-state index in [1.165, 1.54) is 27.9 Å². The van der Waals surface area contributed by atoms with Crippen molar-refractivity contribution in [3.63, 3.8) is 0 Å². The second-order valence-corrected chi connectivity index (χ2v) is 8.97. The molecule has 2 aliphatic rings. The normalized spacial score (nSPS) is 21.2. The zero-order valence-electron chi connectivity index (χ0n) is 18.2. The zero-order chi connectivity index (χ0) is 23.6. The van der Waals surface area contributed by atoms with Crippen LogP contribution in [0.1, 0.15) is 49.3 Å². The van der Waals surface area contributed by atoms with Crippen LogP contribution in [0.5, 0.6) is 0 Å². The van der Waals surface area contributed by atoms with E-state index in [-0.39, 0.29) is 30.4 Å². The number of aliphatic hydroxyl groups excluding tert-OH is 2. The number of alkyl halides is 3. The number of anilines is 1. The maximum absolute atomic E-state index is 14.2. The molecule has 0 saturated heterocycles. The van der Waals surface area contributed by atoms with E-state index in [0.717, 1.165) is 25.7 Å². The van der Waals surface area contributed by atoms with Gasteiger partial charge in [0.1, 0.15) is 6.04 Å². The first-order valence-corrected chi connectivity index (χ1v) is 11.3. The number of halogens is 3. The fourth-order valence-electron chi connectivity index (χ4n) is 5.03. The number of hydrogen-bond donors (Lipinski definition) is 3. The lowest BCUT2D eigenvalue weighted by Crippen LogP contribution is -2.47. The minimum Gasteiger partial charge on any atom is -0.394 e. The Morgan fingerprint density at radius 3 is 2.64 bits per heavy atom. The summed E-state index contributed by atoms with van der Waals surface area (Å²) in [6, 6.07) is 5.23. The van der Waals surface area contributed by atoms with E-state index in [1.54, 1.807) is 18.2 Å². The molecule has 4 rings (SSSR count). The van der Waals surface area contributed by atoms with Crippen molar-refractivity contribution in [2.24, 2.45) is 5.92 Å². The number of amides is 1. The third-order valence-corrected chi connectivity index (χ3v) is 6.58. The van der Waals surface area contributed by atoms with Crippen LogP contribution in [0.25, 0.3) is 0 Å². The van der Waals surface area contributed by atoms with Gasteiger partial charge >= 0.3 is 6.18 Å². The average Bonchev–Trinajstić information content (AvgIpc) is 3.51. The molecule has 1 aliphatic heterocycles. The Morgan fingerprint density at radius 2 is 1.94 bits per heavy atom. The molecule has 2 aromatic rings. The molecule has 3 unspecified atom stereocenters. The van der Waals surface area contributed by atoms with Crippen LogP contribution in [-0.4, -0.2) is 55.7 Å². The van der Waals surface area contributed by atoms with E-state index in [2.05, 4.69) is 10.4 Å². The summed E-state index contributed by atoms with van der Waals surface area (Å²) in [7, 11) is 0. The Labute approximate surface area is 190 Å². The quantitative estimate of drug-likeness (QED) is 0.556. The van der Waals surface area contributed by atoms with Gasteiger partial charge in [0.05, 0.1) is 25.3 Å². The molecule has 1 saturated carbocycles. The molecular formula is C23H29F3N4O3. The average molecular weight is 467 g/mol. The van der Waals surface area contributed by atoms with Crippen molar-refractivity contribution in [2.45, 2.75) is 69.6 Å². The molecule has 1 aromatic heterocycles. The zero-order valence-corrected chi connectivity index (χ0v) is 18.2. The summed E-state index contributed by atoms with van der Waals surface area (Å²) < 4.78 is 43.9. The van der Waals surface area contributed by atoms with Crippen molar-refractivity contribution in [1.29, 1.82) is 0 Å². The Morgan fingerprint density at radius 1 is 1.21 bits per heavy atom. The van der Waals surface area contributed by atoms with Crippen molar-refractivity contribution in [1.82, 2.24) is 14.7 Å². The number of aliphatic hydroxyl groups is 2. The number of hydrogen-bond acceptors (Lipinski definition) is 5. The lowest BCUT2D eigenvalue weighted by Gasteiger charge is -2.34. The van der Waals surface area contributed by atoms with E-state index in [0.29, 0.717) is 12.0 Å². The van der Waals surface area contributed by atoms with Crippen LogP contribution in [0.4, 0.5) is 19.0 Å². The van der Waals surface area contributed by atoms with Gasteiger partial charge in [-0.1, -0.05) is 49.9 Å². The number of aromatic nitrogens is 2. The molecule has 3 atom stereocenters. The Kier molecular flexibility index (Phi) is 7.06. The topological polar surface area (TPSA) is 90.6 Å². The molecule has 3 N–H and O–H groups in total. The molecule has 2 heterocycles. The lowest BCUT2D eigenvalue weighted by atomic mass is 9.95. The fourth-order valence-corrected chi connectivity index (χ4v) is 5.03. The van der Waals surface area contributed by atoms with Gasteiger partial charge < -0.3 is 15.5 Å². The SMILES string of the molecule is O=C(Nc1ccn(CC(O)CO)n1)C(CC1CCCC1)N1Cc2ccccc2C1C(F)(F)F. The summed E-state index contributed by atoms with van der Waals surface area (Å²) in [6.07, 6.45) is 0.256. The van der Waals surface area contributed by atoms with Crippen LogP contribution in [0, 0.1) is 5.92 Å². The van der Waals surface area contributed by atoms with E-state index in [1.807, 2.05) is 0 Å². The van der Waals surface area contributed by atoms with Crippen molar-refractivity contribution in [3.8, 4) is 0 Å². The first-order chi connectivity index (χ1) is 15.8. The molecule has 1 amide bonds. The van der Waals surface area contributed by atoms with Crippen LogP contribution in [-0.2, 0) is 17.9 Å². The van der Waals surface area contributed by atoms with Crippen LogP contribution in [0.2, 0.25) is 0 Å². The van der Waals surface area contributed by atoms with E-state index < -0.39 is 36.9 Å². The standard InChI is InChI=1S/C23H29F3N4O3/c24-23(25,26)21-18-8-4-3-7-16(18)12-30(21)19(11-15-5-1-2-6-15)22(33)27-20-9-10-29(28-20)13-17(32)14-31/h3-4,7-10,15,17,19,21,31-32H,1-2,5-6,11-14H2,(H,27,28,33). The second kappa shape index (κ2) is 9.82. The van der Waals surface area contributed by atoms with Gasteiger partial charge in [-0.2, -0.15) is 18.3 Å². The first kappa shape index (κ1) is 23.7. The van der Waals surface area contributed by atoms with Gasteiger partial charge in [-0.25, -0.2) is 0 Å². The molecule has 1 aliphatic carbocycles. The summed E-state index contributed by atoms with van der Waals surface area (Å²) in [5, 5.41) is 25.4. The molecular weight excluding hydrogens is 437 g/mol. The van der Waals surface area contributed by atoms with Crippen LogP contribution in [0.3, 0.4) is 0 Å². The highest BCUT2D eigenvalue weighted by Gasteiger charge is 2.52. The monoisotopic (exact) mass is 466 g/mol. The number of nitrogens with one attached hydrogen (secondary N) is 1. The minimum absolute atomic E-state index is 0.0372. The van der Waals surface area contributed by atoms with Crippen LogP contribution >= 0.6 is 0 Å². The smallest absolute Gasteiger partial charge is 0.394 e. The number of rotatable bonds is 8. The van der Waals surface area contributed by atoms with Gasteiger partial charge in [0.15, 0.2) is 5.82 Å². The Balaban J connectivity index is 1.58. The third kappa shape index (κ3) is 5.39. The molecule has 7 nitrogen and oxygen atoms in total. The van der Waals surface area contributed by atoms with Crippen molar-refractivity contribution in [3.05, 3.63) is 47.7 Å².